The standard InChI is InChI=1S/C18H20N6O4S2/c25-17(26)15-12-29-18(21-15)24-11-14(16(22-24)13-4-2-1-3-5-13)10-20-30(27,28)23-8-6-19-7-9-23/h1-5,11-12,19-20H,6-10H2,(H,25,26). The van der Waals surface area contributed by atoms with Crippen LogP contribution in [-0.4, -0.2) is 64.7 Å². The van der Waals surface area contributed by atoms with Crippen molar-refractivity contribution in [1.29, 1.82) is 0 Å². The van der Waals surface area contributed by atoms with Crippen molar-refractivity contribution in [3.8, 4) is 16.4 Å². The van der Waals surface area contributed by atoms with E-state index in [0.717, 1.165) is 16.9 Å². The molecule has 0 atom stereocenters. The average Bonchev–Trinajstić information content (AvgIpc) is 3.41. The van der Waals surface area contributed by atoms with Crippen LogP contribution in [0.3, 0.4) is 0 Å². The third kappa shape index (κ3) is 4.42. The number of aromatic nitrogens is 3. The Hall–Kier alpha value is -2.64. The number of piperazine rings is 1. The highest BCUT2D eigenvalue weighted by atomic mass is 32.2. The fourth-order valence-corrected chi connectivity index (χ4v) is 5.00. The van der Waals surface area contributed by atoms with Crippen LogP contribution in [0.4, 0.5) is 0 Å². The van der Waals surface area contributed by atoms with Crippen molar-refractivity contribution in [2.45, 2.75) is 6.54 Å². The topological polar surface area (TPSA) is 129 Å². The third-order valence-electron chi connectivity index (χ3n) is 4.61. The van der Waals surface area contributed by atoms with Crippen LogP contribution in [0.1, 0.15) is 16.1 Å². The summed E-state index contributed by atoms with van der Waals surface area (Å²) in [5.74, 6) is -1.11. The van der Waals surface area contributed by atoms with Gasteiger partial charge in [-0.1, -0.05) is 30.3 Å². The first kappa shape index (κ1) is 20.6. The Balaban J connectivity index is 1.63. The molecule has 12 heteroatoms. The summed E-state index contributed by atoms with van der Waals surface area (Å²) >= 11 is 1.15. The second kappa shape index (κ2) is 8.62. The van der Waals surface area contributed by atoms with E-state index in [-0.39, 0.29) is 12.2 Å². The summed E-state index contributed by atoms with van der Waals surface area (Å²) in [6, 6.07) is 9.38. The molecule has 0 unspecified atom stereocenters. The van der Waals surface area contributed by atoms with Gasteiger partial charge in [0.1, 0.15) is 0 Å². The van der Waals surface area contributed by atoms with Crippen LogP contribution in [0, 0.1) is 0 Å². The molecule has 4 rings (SSSR count). The Labute approximate surface area is 177 Å². The van der Waals surface area contributed by atoms with Crippen molar-refractivity contribution in [2.75, 3.05) is 26.2 Å². The number of carbonyl (C=O) groups is 1. The Morgan fingerprint density at radius 1 is 1.23 bits per heavy atom. The molecular weight excluding hydrogens is 428 g/mol. The summed E-state index contributed by atoms with van der Waals surface area (Å²) in [5.41, 5.74) is 2.02. The van der Waals surface area contributed by atoms with E-state index >= 15 is 0 Å². The van der Waals surface area contributed by atoms with Crippen LogP contribution >= 0.6 is 11.3 Å². The predicted molar refractivity (Wildman–Crippen MR) is 112 cm³/mol. The van der Waals surface area contributed by atoms with E-state index in [9.17, 15) is 13.2 Å². The molecule has 1 aromatic carbocycles. The highest BCUT2D eigenvalue weighted by Gasteiger charge is 2.24. The first-order chi connectivity index (χ1) is 14.4. The summed E-state index contributed by atoms with van der Waals surface area (Å²) in [7, 11) is -3.63. The first-order valence-electron chi connectivity index (χ1n) is 9.22. The van der Waals surface area contributed by atoms with Gasteiger partial charge >= 0.3 is 5.97 Å². The Morgan fingerprint density at radius 3 is 2.63 bits per heavy atom. The van der Waals surface area contributed by atoms with Gasteiger partial charge in [0.15, 0.2) is 5.69 Å². The van der Waals surface area contributed by atoms with Crippen LogP contribution in [0.25, 0.3) is 16.4 Å². The molecule has 30 heavy (non-hydrogen) atoms. The maximum atomic E-state index is 12.6. The Bertz CT molecular complexity index is 1140. The molecule has 0 amide bonds. The number of nitrogens with one attached hydrogen (secondary N) is 2. The molecule has 1 fully saturated rings. The van der Waals surface area contributed by atoms with Crippen LogP contribution in [0.15, 0.2) is 41.9 Å². The minimum atomic E-state index is -3.63. The number of carboxylic acids is 1. The molecule has 2 aromatic heterocycles. The van der Waals surface area contributed by atoms with Gasteiger partial charge in [0.25, 0.3) is 10.2 Å². The molecule has 0 bridgehead atoms. The summed E-state index contributed by atoms with van der Waals surface area (Å²) < 4.78 is 30.8. The van der Waals surface area contributed by atoms with Crippen molar-refractivity contribution < 1.29 is 18.3 Å². The van der Waals surface area contributed by atoms with Gasteiger partial charge in [-0.3, -0.25) is 0 Å². The normalized spacial score (nSPS) is 15.3. The number of hydrogen-bond donors (Lipinski definition) is 3. The van der Waals surface area contributed by atoms with E-state index in [4.69, 9.17) is 5.11 Å². The molecule has 0 radical (unpaired) electrons. The molecule has 10 nitrogen and oxygen atoms in total. The number of nitrogens with zero attached hydrogens (tertiary/aromatic N) is 4. The summed E-state index contributed by atoms with van der Waals surface area (Å²) in [6.45, 7) is 2.11. The molecule has 1 aliphatic heterocycles. The van der Waals surface area contributed by atoms with Gasteiger partial charge in [0, 0.05) is 55.4 Å². The molecule has 1 aliphatic rings. The number of thiazole rings is 1. The molecule has 0 saturated carbocycles. The zero-order chi connectivity index (χ0) is 21.1. The second-order valence-corrected chi connectivity index (χ2v) is 9.20. The average molecular weight is 449 g/mol. The lowest BCUT2D eigenvalue weighted by atomic mass is 10.1. The molecule has 3 N–H and O–H groups in total. The van der Waals surface area contributed by atoms with Gasteiger partial charge in [-0.05, 0) is 0 Å². The molecule has 158 valence electrons. The van der Waals surface area contributed by atoms with Gasteiger partial charge in [0.05, 0.1) is 5.69 Å². The van der Waals surface area contributed by atoms with Crippen LogP contribution in [0.5, 0.6) is 0 Å². The molecule has 3 heterocycles. The number of carboxylic acid groups (broad SMARTS) is 1. The molecular formula is C18H20N6O4S2. The fourth-order valence-electron chi connectivity index (χ4n) is 3.09. The van der Waals surface area contributed by atoms with E-state index in [1.807, 2.05) is 30.3 Å². The first-order valence-corrected chi connectivity index (χ1v) is 11.5. The zero-order valence-electron chi connectivity index (χ0n) is 15.9. The lowest BCUT2D eigenvalue weighted by Gasteiger charge is -2.26. The summed E-state index contributed by atoms with van der Waals surface area (Å²) in [6.07, 6.45) is 1.67. The largest absolute Gasteiger partial charge is 0.476 e. The quantitative estimate of drug-likeness (QED) is 0.490. The number of hydrogen-bond acceptors (Lipinski definition) is 7. The van der Waals surface area contributed by atoms with Crippen molar-refractivity contribution in [3.63, 3.8) is 0 Å². The lowest BCUT2D eigenvalue weighted by molar-refractivity contribution is 0.0691. The van der Waals surface area contributed by atoms with Crippen molar-refractivity contribution in [1.82, 2.24) is 29.1 Å². The number of rotatable bonds is 7. The molecule has 3 aromatic rings. The van der Waals surface area contributed by atoms with Crippen LogP contribution < -0.4 is 10.0 Å². The van der Waals surface area contributed by atoms with E-state index in [0.29, 0.717) is 42.6 Å². The van der Waals surface area contributed by atoms with E-state index < -0.39 is 16.2 Å². The van der Waals surface area contributed by atoms with Gasteiger partial charge in [-0.15, -0.1) is 11.3 Å². The maximum Gasteiger partial charge on any atom is 0.355 e. The molecule has 1 saturated heterocycles. The van der Waals surface area contributed by atoms with Crippen molar-refractivity contribution >= 4 is 27.5 Å². The van der Waals surface area contributed by atoms with E-state index in [1.54, 1.807) is 6.20 Å². The monoisotopic (exact) mass is 448 g/mol. The van der Waals surface area contributed by atoms with E-state index in [1.165, 1.54) is 14.4 Å². The fraction of sp³-hybridized carbons (Fsp3) is 0.278. The summed E-state index contributed by atoms with van der Waals surface area (Å²) in [5, 5.41) is 18.6. The minimum Gasteiger partial charge on any atom is -0.476 e. The smallest absolute Gasteiger partial charge is 0.355 e. The van der Waals surface area contributed by atoms with Crippen LogP contribution in [0.2, 0.25) is 0 Å². The molecule has 0 spiro atoms. The Morgan fingerprint density at radius 2 is 1.97 bits per heavy atom. The van der Waals surface area contributed by atoms with E-state index in [2.05, 4.69) is 20.1 Å². The van der Waals surface area contributed by atoms with Crippen molar-refractivity contribution in [2.24, 2.45) is 0 Å². The van der Waals surface area contributed by atoms with Crippen LogP contribution in [-0.2, 0) is 16.8 Å². The maximum absolute atomic E-state index is 12.6. The zero-order valence-corrected chi connectivity index (χ0v) is 17.5. The van der Waals surface area contributed by atoms with Gasteiger partial charge < -0.3 is 10.4 Å². The van der Waals surface area contributed by atoms with Gasteiger partial charge in [-0.25, -0.2) is 14.5 Å². The predicted octanol–water partition coefficient (Wildman–Crippen LogP) is 0.934. The minimum absolute atomic E-state index is 0.0493. The third-order valence-corrected chi connectivity index (χ3v) is 6.99. The summed E-state index contributed by atoms with van der Waals surface area (Å²) in [4.78, 5) is 15.2. The highest BCUT2D eigenvalue weighted by Crippen LogP contribution is 2.25. The molecule has 0 aliphatic carbocycles. The van der Waals surface area contributed by atoms with Gasteiger partial charge in [-0.2, -0.15) is 22.5 Å². The lowest BCUT2D eigenvalue weighted by Crippen LogP contribution is -2.50. The SMILES string of the molecule is O=C(O)c1csc(-n2cc(CNS(=O)(=O)N3CCNCC3)c(-c3ccccc3)n2)n1. The number of benzene rings is 1. The highest BCUT2D eigenvalue weighted by molar-refractivity contribution is 7.87. The van der Waals surface area contributed by atoms with Crippen molar-refractivity contribution in [3.05, 3.63) is 53.2 Å². The second-order valence-electron chi connectivity index (χ2n) is 6.61. The number of aromatic carboxylic acids is 1. The van der Waals surface area contributed by atoms with Gasteiger partial charge in [0.2, 0.25) is 5.13 Å². The Kier molecular flexibility index (Phi) is 5.92.